The predicted molar refractivity (Wildman–Crippen MR) is 112 cm³/mol. The molecular weight excluding hydrogens is 380 g/mol. The molecule has 2 aliphatic rings. The van der Waals surface area contributed by atoms with Crippen molar-refractivity contribution < 1.29 is 19.1 Å². The number of esters is 1. The number of nitrogens with zero attached hydrogens (tertiary/aromatic N) is 1. The minimum atomic E-state index is -0.873. The first-order chi connectivity index (χ1) is 14.6. The standard InChI is InChI=1S/C24H20N2O4/c1-30-24(29)21-19-18(20(25-21)15-9-3-2-4-10-15)22(27)26(23(19)28)17-13-7-11-14-8-5-6-12-16(14)17/h2-13,18-21,25H,1H3/t18-,19+,20-,21-/m1/s1. The van der Waals surface area contributed by atoms with Gasteiger partial charge in [-0.2, -0.15) is 0 Å². The molecule has 1 N–H and O–H groups in total. The first-order valence-corrected chi connectivity index (χ1v) is 9.86. The van der Waals surface area contributed by atoms with E-state index in [1.807, 2.05) is 66.7 Å². The van der Waals surface area contributed by atoms with Crippen LogP contribution < -0.4 is 10.2 Å². The maximum Gasteiger partial charge on any atom is 0.323 e. The molecule has 2 aliphatic heterocycles. The number of nitrogens with one attached hydrogen (secondary N) is 1. The van der Waals surface area contributed by atoms with E-state index in [4.69, 9.17) is 4.74 Å². The fourth-order valence-electron chi connectivity index (χ4n) is 4.76. The summed E-state index contributed by atoms with van der Waals surface area (Å²) in [5, 5.41) is 4.95. The average Bonchev–Trinajstić information content (AvgIpc) is 3.30. The van der Waals surface area contributed by atoms with Gasteiger partial charge in [-0.15, -0.1) is 0 Å². The lowest BCUT2D eigenvalue weighted by Crippen LogP contribution is -2.43. The number of carbonyl (C=O) groups excluding carboxylic acids is 3. The van der Waals surface area contributed by atoms with Gasteiger partial charge in [0.1, 0.15) is 6.04 Å². The average molecular weight is 400 g/mol. The maximum atomic E-state index is 13.6. The van der Waals surface area contributed by atoms with Crippen molar-refractivity contribution in [2.24, 2.45) is 11.8 Å². The van der Waals surface area contributed by atoms with Crippen LogP contribution in [-0.4, -0.2) is 30.9 Å². The van der Waals surface area contributed by atoms with Crippen molar-refractivity contribution in [2.75, 3.05) is 12.0 Å². The minimum absolute atomic E-state index is 0.297. The zero-order chi connectivity index (χ0) is 20.8. The number of carbonyl (C=O) groups is 3. The Morgan fingerprint density at radius 2 is 1.53 bits per heavy atom. The molecule has 2 saturated heterocycles. The molecule has 0 unspecified atom stereocenters. The van der Waals surface area contributed by atoms with Crippen LogP contribution in [0.5, 0.6) is 0 Å². The van der Waals surface area contributed by atoms with E-state index in [2.05, 4.69) is 5.32 Å². The number of hydrogen-bond acceptors (Lipinski definition) is 5. The molecule has 0 aromatic heterocycles. The molecule has 150 valence electrons. The van der Waals surface area contributed by atoms with Crippen molar-refractivity contribution in [1.29, 1.82) is 0 Å². The normalized spacial score (nSPS) is 25.6. The van der Waals surface area contributed by atoms with Gasteiger partial charge < -0.3 is 4.74 Å². The van der Waals surface area contributed by atoms with Gasteiger partial charge in [-0.3, -0.25) is 19.7 Å². The third-order valence-corrected chi connectivity index (χ3v) is 6.10. The molecule has 2 fully saturated rings. The molecule has 3 aromatic rings. The zero-order valence-electron chi connectivity index (χ0n) is 16.3. The van der Waals surface area contributed by atoms with Gasteiger partial charge in [0.15, 0.2) is 0 Å². The molecule has 3 aromatic carbocycles. The number of ether oxygens (including phenoxy) is 1. The van der Waals surface area contributed by atoms with Gasteiger partial charge in [-0.05, 0) is 17.0 Å². The molecule has 0 bridgehead atoms. The summed E-state index contributed by atoms with van der Waals surface area (Å²) in [6.45, 7) is 0. The molecule has 2 heterocycles. The summed E-state index contributed by atoms with van der Waals surface area (Å²) in [4.78, 5) is 40.8. The molecule has 4 atom stereocenters. The van der Waals surface area contributed by atoms with Crippen LogP contribution in [0.3, 0.4) is 0 Å². The van der Waals surface area contributed by atoms with Crippen molar-refractivity contribution >= 4 is 34.2 Å². The Morgan fingerprint density at radius 3 is 2.30 bits per heavy atom. The molecule has 0 saturated carbocycles. The van der Waals surface area contributed by atoms with Crippen molar-refractivity contribution in [1.82, 2.24) is 5.32 Å². The van der Waals surface area contributed by atoms with Gasteiger partial charge in [-0.25, -0.2) is 4.90 Å². The number of hydrogen-bond donors (Lipinski definition) is 1. The Morgan fingerprint density at radius 1 is 0.867 bits per heavy atom. The van der Waals surface area contributed by atoms with Crippen LogP contribution >= 0.6 is 0 Å². The van der Waals surface area contributed by atoms with Crippen molar-refractivity contribution in [2.45, 2.75) is 12.1 Å². The molecular formula is C24H20N2O4. The van der Waals surface area contributed by atoms with E-state index >= 15 is 0 Å². The van der Waals surface area contributed by atoms with Crippen LogP contribution in [-0.2, 0) is 19.1 Å². The number of benzene rings is 3. The Bertz CT molecular complexity index is 1150. The Labute approximate surface area is 173 Å². The second-order valence-corrected chi connectivity index (χ2v) is 7.62. The molecule has 6 heteroatoms. The van der Waals surface area contributed by atoms with E-state index < -0.39 is 29.9 Å². The second kappa shape index (κ2) is 7.07. The van der Waals surface area contributed by atoms with E-state index in [9.17, 15) is 14.4 Å². The van der Waals surface area contributed by atoms with Gasteiger partial charge >= 0.3 is 5.97 Å². The van der Waals surface area contributed by atoms with Crippen molar-refractivity contribution in [3.05, 3.63) is 78.4 Å². The SMILES string of the molecule is COC(=O)[C@@H]1N[C@H](c2ccccc2)[C@@H]2C(=O)N(c3cccc4ccccc34)C(=O)[C@@H]21. The molecule has 0 aliphatic carbocycles. The number of amides is 2. The van der Waals surface area contributed by atoms with Gasteiger partial charge in [0.25, 0.3) is 0 Å². The summed E-state index contributed by atoms with van der Waals surface area (Å²) in [5.41, 5.74) is 1.41. The van der Waals surface area contributed by atoms with E-state index in [1.54, 1.807) is 6.07 Å². The van der Waals surface area contributed by atoms with Crippen LogP contribution in [0.25, 0.3) is 10.8 Å². The van der Waals surface area contributed by atoms with Gasteiger partial charge in [0.2, 0.25) is 11.8 Å². The van der Waals surface area contributed by atoms with E-state index in [0.29, 0.717) is 5.69 Å². The van der Waals surface area contributed by atoms with Gasteiger partial charge in [-0.1, -0.05) is 66.7 Å². The topological polar surface area (TPSA) is 75.7 Å². The summed E-state index contributed by atoms with van der Waals surface area (Å²) in [5.74, 6) is -2.70. The highest BCUT2D eigenvalue weighted by atomic mass is 16.5. The highest BCUT2D eigenvalue weighted by molar-refractivity contribution is 6.26. The first-order valence-electron chi connectivity index (χ1n) is 9.86. The van der Waals surface area contributed by atoms with Crippen LogP contribution in [0.4, 0.5) is 5.69 Å². The minimum Gasteiger partial charge on any atom is -0.468 e. The second-order valence-electron chi connectivity index (χ2n) is 7.62. The highest BCUT2D eigenvalue weighted by Crippen LogP contribution is 2.46. The molecule has 2 amide bonds. The largest absolute Gasteiger partial charge is 0.468 e. The summed E-state index contributed by atoms with van der Waals surface area (Å²) in [6, 6.07) is 21.3. The van der Waals surface area contributed by atoms with E-state index in [0.717, 1.165) is 16.3 Å². The fraction of sp³-hybridized carbons (Fsp3) is 0.208. The predicted octanol–water partition coefficient (Wildman–Crippen LogP) is 2.83. The smallest absolute Gasteiger partial charge is 0.323 e. The number of anilines is 1. The molecule has 0 radical (unpaired) electrons. The van der Waals surface area contributed by atoms with Gasteiger partial charge in [0, 0.05) is 11.4 Å². The Hall–Kier alpha value is -3.51. The first kappa shape index (κ1) is 18.5. The van der Waals surface area contributed by atoms with E-state index in [-0.39, 0.29) is 11.8 Å². The highest BCUT2D eigenvalue weighted by Gasteiger charge is 2.61. The molecule has 0 spiro atoms. The monoisotopic (exact) mass is 400 g/mol. The third kappa shape index (κ3) is 2.64. The summed E-state index contributed by atoms with van der Waals surface area (Å²) < 4.78 is 4.94. The molecule has 30 heavy (non-hydrogen) atoms. The Kier molecular flexibility index (Phi) is 4.37. The fourth-order valence-corrected chi connectivity index (χ4v) is 4.76. The lowest BCUT2D eigenvalue weighted by Gasteiger charge is -2.23. The molecule has 5 rings (SSSR count). The number of fused-ring (bicyclic) bond motifs is 2. The van der Waals surface area contributed by atoms with Gasteiger partial charge in [0.05, 0.1) is 24.6 Å². The van der Waals surface area contributed by atoms with Crippen LogP contribution in [0.1, 0.15) is 11.6 Å². The van der Waals surface area contributed by atoms with Crippen molar-refractivity contribution in [3.63, 3.8) is 0 Å². The summed E-state index contributed by atoms with van der Waals surface area (Å²) in [7, 11) is 1.29. The van der Waals surface area contributed by atoms with Crippen LogP contribution in [0, 0.1) is 11.8 Å². The Balaban J connectivity index is 1.63. The van der Waals surface area contributed by atoms with E-state index in [1.165, 1.54) is 12.0 Å². The third-order valence-electron chi connectivity index (χ3n) is 6.10. The summed E-state index contributed by atoms with van der Waals surface area (Å²) >= 11 is 0. The van der Waals surface area contributed by atoms with Crippen molar-refractivity contribution in [3.8, 4) is 0 Å². The zero-order valence-corrected chi connectivity index (χ0v) is 16.3. The lowest BCUT2D eigenvalue weighted by atomic mass is 9.86. The number of rotatable bonds is 3. The quantitative estimate of drug-likeness (QED) is 0.541. The maximum absolute atomic E-state index is 13.6. The molecule has 6 nitrogen and oxygen atoms in total. The number of methoxy groups -OCH3 is 1. The number of imide groups is 1. The van der Waals surface area contributed by atoms with Crippen LogP contribution in [0.15, 0.2) is 72.8 Å². The van der Waals surface area contributed by atoms with Crippen LogP contribution in [0.2, 0.25) is 0 Å². The lowest BCUT2D eigenvalue weighted by molar-refractivity contribution is -0.145. The summed E-state index contributed by atoms with van der Waals surface area (Å²) in [6.07, 6.45) is 0.